The van der Waals surface area contributed by atoms with Gasteiger partial charge in [-0.3, -0.25) is 4.79 Å². The molecule has 1 aromatic rings. The van der Waals surface area contributed by atoms with Gasteiger partial charge in [0, 0.05) is 37.8 Å². The Bertz CT molecular complexity index is 570. The number of carbonyl (C=O) groups excluding carboxylic acids is 1. The van der Waals surface area contributed by atoms with E-state index in [1.54, 1.807) is 19.2 Å². The van der Waals surface area contributed by atoms with E-state index < -0.39 is 0 Å². The predicted octanol–water partition coefficient (Wildman–Crippen LogP) is 2.39. The molecule has 1 N–H and O–H groups in total. The number of anilines is 1. The van der Waals surface area contributed by atoms with Crippen molar-refractivity contribution in [1.82, 2.24) is 4.90 Å². The molecule has 3 rings (SSSR count). The number of piperidine rings is 1. The Labute approximate surface area is 130 Å². The highest BCUT2D eigenvalue weighted by molar-refractivity contribution is 5.77. The highest BCUT2D eigenvalue weighted by Crippen LogP contribution is 2.45. The van der Waals surface area contributed by atoms with Crippen LogP contribution in [0.4, 0.5) is 10.1 Å². The fourth-order valence-corrected chi connectivity index (χ4v) is 3.88. The molecule has 1 fully saturated rings. The van der Waals surface area contributed by atoms with Crippen LogP contribution in [0, 0.1) is 11.7 Å². The smallest absolute Gasteiger partial charge is 0.248 e. The Kier molecular flexibility index (Phi) is 4.08. The Morgan fingerprint density at radius 3 is 2.86 bits per heavy atom. The lowest BCUT2D eigenvalue weighted by Gasteiger charge is -2.40. The summed E-state index contributed by atoms with van der Waals surface area (Å²) in [6.07, 6.45) is 1.95. The third-order valence-corrected chi connectivity index (χ3v) is 5.26. The molecule has 1 amide bonds. The molecular weight excluding hydrogens is 283 g/mol. The summed E-state index contributed by atoms with van der Waals surface area (Å²) in [5.74, 6) is 0.368. The van der Waals surface area contributed by atoms with Crippen molar-refractivity contribution in [2.75, 3.05) is 38.7 Å². The van der Waals surface area contributed by atoms with Crippen LogP contribution < -0.4 is 5.32 Å². The van der Waals surface area contributed by atoms with Gasteiger partial charge in [-0.05, 0) is 36.5 Å². The van der Waals surface area contributed by atoms with E-state index in [-0.39, 0.29) is 23.7 Å². The van der Waals surface area contributed by atoms with Gasteiger partial charge in [0.25, 0.3) is 0 Å². The van der Waals surface area contributed by atoms with Gasteiger partial charge in [-0.2, -0.15) is 0 Å². The van der Waals surface area contributed by atoms with Crippen molar-refractivity contribution >= 4 is 11.6 Å². The maximum Gasteiger partial charge on any atom is 0.248 e. The lowest BCUT2D eigenvalue weighted by atomic mass is 9.69. The molecule has 0 spiro atoms. The zero-order valence-corrected chi connectivity index (χ0v) is 13.2. The number of hydrogen-bond donors (Lipinski definition) is 1. The third-order valence-electron chi connectivity index (χ3n) is 5.26. The van der Waals surface area contributed by atoms with Gasteiger partial charge in [-0.15, -0.1) is 0 Å². The molecule has 1 aromatic carbocycles. The van der Waals surface area contributed by atoms with Gasteiger partial charge >= 0.3 is 0 Å². The van der Waals surface area contributed by atoms with E-state index >= 15 is 0 Å². The zero-order chi connectivity index (χ0) is 15.7. The first-order valence-electron chi connectivity index (χ1n) is 7.85. The van der Waals surface area contributed by atoms with Crippen molar-refractivity contribution in [3.05, 3.63) is 29.6 Å². The van der Waals surface area contributed by atoms with Crippen molar-refractivity contribution in [3.63, 3.8) is 0 Å². The first kappa shape index (κ1) is 15.3. The second-order valence-electron chi connectivity index (χ2n) is 6.55. The zero-order valence-electron chi connectivity index (χ0n) is 13.2. The largest absolute Gasteiger partial charge is 0.384 e. The van der Waals surface area contributed by atoms with Gasteiger partial charge in [0.1, 0.15) is 12.4 Å². The molecule has 120 valence electrons. The minimum atomic E-state index is -0.199. The average molecular weight is 306 g/mol. The maximum atomic E-state index is 13.4. The first-order chi connectivity index (χ1) is 10.5. The first-order valence-corrected chi connectivity index (χ1v) is 7.85. The monoisotopic (exact) mass is 306 g/mol. The average Bonchev–Trinajstić information content (AvgIpc) is 2.85. The minimum absolute atomic E-state index is 0.0133. The van der Waals surface area contributed by atoms with Crippen LogP contribution in [0.25, 0.3) is 0 Å². The van der Waals surface area contributed by atoms with Crippen LogP contribution in [-0.2, 0) is 14.9 Å². The number of amides is 1. The number of ether oxygens (including phenoxy) is 1. The van der Waals surface area contributed by atoms with Crippen molar-refractivity contribution in [2.24, 2.45) is 5.92 Å². The topological polar surface area (TPSA) is 41.6 Å². The van der Waals surface area contributed by atoms with E-state index in [4.69, 9.17) is 4.74 Å². The van der Waals surface area contributed by atoms with Crippen LogP contribution in [0.1, 0.15) is 25.3 Å². The molecule has 4 nitrogen and oxygen atoms in total. The number of methoxy groups -OCH3 is 1. The van der Waals surface area contributed by atoms with Gasteiger partial charge in [0.2, 0.25) is 5.91 Å². The maximum absolute atomic E-state index is 13.4. The molecule has 0 bridgehead atoms. The Morgan fingerprint density at radius 2 is 2.18 bits per heavy atom. The van der Waals surface area contributed by atoms with Crippen LogP contribution in [0.2, 0.25) is 0 Å². The molecule has 0 saturated carbocycles. The Hall–Kier alpha value is -1.62. The molecule has 2 heterocycles. The Balaban J connectivity index is 1.71. The van der Waals surface area contributed by atoms with Crippen LogP contribution in [0.5, 0.6) is 0 Å². The number of hydrogen-bond acceptors (Lipinski definition) is 3. The number of benzene rings is 1. The van der Waals surface area contributed by atoms with Crippen LogP contribution in [0.3, 0.4) is 0 Å². The summed E-state index contributed by atoms with van der Waals surface area (Å²) in [7, 11) is 1.55. The van der Waals surface area contributed by atoms with E-state index in [9.17, 15) is 9.18 Å². The third kappa shape index (κ3) is 2.58. The van der Waals surface area contributed by atoms with E-state index in [0.717, 1.165) is 38.2 Å². The lowest BCUT2D eigenvalue weighted by Crippen LogP contribution is -2.45. The van der Waals surface area contributed by atoms with E-state index in [2.05, 4.69) is 12.2 Å². The van der Waals surface area contributed by atoms with E-state index in [0.29, 0.717) is 5.92 Å². The molecule has 0 aromatic heterocycles. The highest BCUT2D eigenvalue weighted by atomic mass is 19.1. The summed E-state index contributed by atoms with van der Waals surface area (Å²) in [5, 5.41) is 3.34. The normalized spacial score (nSPS) is 25.0. The van der Waals surface area contributed by atoms with Crippen LogP contribution in [-0.4, -0.2) is 44.2 Å². The number of nitrogens with one attached hydrogen (secondary N) is 1. The molecule has 0 aliphatic carbocycles. The number of halogens is 1. The van der Waals surface area contributed by atoms with Crippen molar-refractivity contribution in [3.8, 4) is 0 Å². The second-order valence-corrected chi connectivity index (χ2v) is 6.55. The summed E-state index contributed by atoms with van der Waals surface area (Å²) in [6, 6.07) is 5.03. The standard InChI is InChI=1S/C17H23FN2O2/c1-17(11-19-15-9-13(18)3-4-14(15)17)12-5-7-20(8-6-12)16(21)10-22-2/h3-4,9,12,19H,5-8,10-11H2,1-2H3. The molecule has 22 heavy (non-hydrogen) atoms. The minimum Gasteiger partial charge on any atom is -0.384 e. The number of nitrogens with zero attached hydrogens (tertiary/aromatic N) is 1. The molecule has 5 heteroatoms. The van der Waals surface area contributed by atoms with E-state index in [1.165, 1.54) is 5.56 Å². The molecule has 2 aliphatic rings. The quantitative estimate of drug-likeness (QED) is 0.932. The summed E-state index contributed by atoms with van der Waals surface area (Å²) in [5.41, 5.74) is 2.13. The SMILES string of the molecule is COCC(=O)N1CCC(C2(C)CNc3cc(F)ccc32)CC1. The molecule has 1 unspecified atom stereocenters. The van der Waals surface area contributed by atoms with Gasteiger partial charge < -0.3 is 15.0 Å². The second kappa shape index (κ2) is 5.88. The van der Waals surface area contributed by atoms with Crippen LogP contribution in [0.15, 0.2) is 18.2 Å². The molecule has 1 atom stereocenters. The summed E-state index contributed by atoms with van der Waals surface area (Å²) in [4.78, 5) is 13.8. The van der Waals surface area contributed by atoms with Crippen molar-refractivity contribution in [2.45, 2.75) is 25.2 Å². The fourth-order valence-electron chi connectivity index (χ4n) is 3.88. The number of fused-ring (bicyclic) bond motifs is 1. The van der Waals surface area contributed by atoms with Crippen molar-refractivity contribution in [1.29, 1.82) is 0 Å². The highest BCUT2D eigenvalue weighted by Gasteiger charge is 2.42. The molecule has 2 aliphatic heterocycles. The van der Waals surface area contributed by atoms with Gasteiger partial charge in [0.05, 0.1) is 0 Å². The molecule has 1 saturated heterocycles. The fraction of sp³-hybridized carbons (Fsp3) is 0.588. The van der Waals surface area contributed by atoms with Gasteiger partial charge in [-0.25, -0.2) is 4.39 Å². The Morgan fingerprint density at radius 1 is 1.45 bits per heavy atom. The summed E-state index contributed by atoms with van der Waals surface area (Å²) in [6.45, 7) is 4.80. The predicted molar refractivity (Wildman–Crippen MR) is 83.4 cm³/mol. The molecule has 0 radical (unpaired) electrons. The summed E-state index contributed by atoms with van der Waals surface area (Å²) < 4.78 is 18.3. The van der Waals surface area contributed by atoms with Gasteiger partial charge in [0.15, 0.2) is 0 Å². The number of rotatable bonds is 3. The molecular formula is C17H23FN2O2. The number of likely N-dealkylation sites (tertiary alicyclic amines) is 1. The summed E-state index contributed by atoms with van der Waals surface area (Å²) >= 11 is 0. The lowest BCUT2D eigenvalue weighted by molar-refractivity contribution is -0.136. The van der Waals surface area contributed by atoms with Gasteiger partial charge in [-0.1, -0.05) is 13.0 Å². The van der Waals surface area contributed by atoms with E-state index in [1.807, 2.05) is 11.0 Å². The van der Waals surface area contributed by atoms with Crippen LogP contribution >= 0.6 is 0 Å². The van der Waals surface area contributed by atoms with Crippen molar-refractivity contribution < 1.29 is 13.9 Å². The number of carbonyl (C=O) groups is 1.